The molecule has 0 saturated heterocycles. The van der Waals surface area contributed by atoms with Crippen LogP contribution in [0.5, 0.6) is 0 Å². The van der Waals surface area contributed by atoms with E-state index >= 15 is 0 Å². The number of non-ortho nitro benzene ring substituents is 1. The van der Waals surface area contributed by atoms with Crippen molar-refractivity contribution in [1.29, 1.82) is 0 Å². The first-order chi connectivity index (χ1) is 11.9. The standard InChI is InChI=1S/C18H23N3O4/c1-11(18-8-12-4-13(9-18)6-14(5-12)10-18)19-16-3-2-15(20(22)23)7-17(16)21(24)25/h2-3,7,11-14,19H,4-6,8-10H2,1H3. The van der Waals surface area contributed by atoms with Crippen molar-refractivity contribution < 1.29 is 9.85 Å². The molecular weight excluding hydrogens is 322 g/mol. The molecule has 0 aliphatic heterocycles. The Morgan fingerprint density at radius 3 is 2.08 bits per heavy atom. The lowest BCUT2D eigenvalue weighted by molar-refractivity contribution is -0.393. The first-order valence-electron chi connectivity index (χ1n) is 9.06. The highest BCUT2D eigenvalue weighted by atomic mass is 16.6. The van der Waals surface area contributed by atoms with Crippen molar-refractivity contribution >= 4 is 17.1 Å². The third-order valence-corrected chi connectivity index (χ3v) is 6.77. The molecule has 0 aromatic heterocycles. The van der Waals surface area contributed by atoms with Crippen LogP contribution in [0.3, 0.4) is 0 Å². The fraction of sp³-hybridized carbons (Fsp3) is 0.667. The van der Waals surface area contributed by atoms with Gasteiger partial charge in [0.15, 0.2) is 0 Å². The molecule has 7 heteroatoms. The molecule has 4 aliphatic rings. The van der Waals surface area contributed by atoms with Crippen LogP contribution in [-0.2, 0) is 0 Å². The van der Waals surface area contributed by atoms with E-state index in [0.717, 1.165) is 23.8 Å². The number of benzene rings is 1. The largest absolute Gasteiger partial charge is 0.376 e. The molecule has 1 atom stereocenters. The highest BCUT2D eigenvalue weighted by Crippen LogP contribution is 2.61. The van der Waals surface area contributed by atoms with Gasteiger partial charge in [0.1, 0.15) is 5.69 Å². The third-order valence-electron chi connectivity index (χ3n) is 6.77. The molecule has 1 unspecified atom stereocenters. The van der Waals surface area contributed by atoms with E-state index in [0.29, 0.717) is 5.69 Å². The first-order valence-corrected chi connectivity index (χ1v) is 9.06. The fourth-order valence-electron chi connectivity index (χ4n) is 6.00. The van der Waals surface area contributed by atoms with E-state index in [9.17, 15) is 20.2 Å². The molecule has 0 radical (unpaired) electrons. The van der Waals surface area contributed by atoms with Crippen LogP contribution in [0, 0.1) is 43.4 Å². The van der Waals surface area contributed by atoms with Gasteiger partial charge in [-0.15, -0.1) is 0 Å². The average Bonchev–Trinajstić information content (AvgIpc) is 2.53. The highest BCUT2D eigenvalue weighted by molar-refractivity contribution is 5.65. The molecule has 7 nitrogen and oxygen atoms in total. The lowest BCUT2D eigenvalue weighted by Crippen LogP contribution is -2.52. The minimum Gasteiger partial charge on any atom is -0.376 e. The molecule has 0 heterocycles. The van der Waals surface area contributed by atoms with Crippen LogP contribution in [0.4, 0.5) is 17.1 Å². The van der Waals surface area contributed by atoms with E-state index in [1.54, 1.807) is 0 Å². The second-order valence-corrected chi connectivity index (χ2v) is 8.36. The van der Waals surface area contributed by atoms with E-state index in [4.69, 9.17) is 0 Å². The molecule has 1 aromatic carbocycles. The molecule has 4 bridgehead atoms. The lowest BCUT2D eigenvalue weighted by Gasteiger charge is -2.59. The number of nitrogens with one attached hydrogen (secondary N) is 1. The minimum atomic E-state index is -0.598. The van der Waals surface area contributed by atoms with Crippen LogP contribution in [0.15, 0.2) is 18.2 Å². The summed E-state index contributed by atoms with van der Waals surface area (Å²) in [7, 11) is 0. The average molecular weight is 345 g/mol. The maximum Gasteiger partial charge on any atom is 0.299 e. The van der Waals surface area contributed by atoms with E-state index in [-0.39, 0.29) is 22.8 Å². The minimum absolute atomic E-state index is 0.126. The summed E-state index contributed by atoms with van der Waals surface area (Å²) in [6, 6.07) is 3.99. The maximum absolute atomic E-state index is 11.4. The van der Waals surface area contributed by atoms with Gasteiger partial charge in [0.2, 0.25) is 0 Å². The van der Waals surface area contributed by atoms with Crippen molar-refractivity contribution in [3.8, 4) is 0 Å². The van der Waals surface area contributed by atoms with Crippen molar-refractivity contribution in [3.63, 3.8) is 0 Å². The van der Waals surface area contributed by atoms with Gasteiger partial charge < -0.3 is 5.32 Å². The zero-order valence-electron chi connectivity index (χ0n) is 14.3. The van der Waals surface area contributed by atoms with Gasteiger partial charge in [-0.05, 0) is 74.7 Å². The Hall–Kier alpha value is -2.18. The summed E-state index contributed by atoms with van der Waals surface area (Å²) in [5, 5.41) is 25.6. The van der Waals surface area contributed by atoms with Crippen molar-refractivity contribution in [1.82, 2.24) is 0 Å². The van der Waals surface area contributed by atoms with Gasteiger partial charge in [0, 0.05) is 12.1 Å². The van der Waals surface area contributed by atoms with Crippen molar-refractivity contribution in [2.45, 2.75) is 51.5 Å². The van der Waals surface area contributed by atoms with Gasteiger partial charge in [-0.2, -0.15) is 0 Å². The Kier molecular flexibility index (Phi) is 3.70. The lowest BCUT2D eigenvalue weighted by atomic mass is 9.48. The van der Waals surface area contributed by atoms with Crippen LogP contribution in [0.25, 0.3) is 0 Å². The van der Waals surface area contributed by atoms with Crippen LogP contribution in [0.1, 0.15) is 45.4 Å². The second-order valence-electron chi connectivity index (χ2n) is 8.36. The quantitative estimate of drug-likeness (QED) is 0.625. The summed E-state index contributed by atoms with van der Waals surface area (Å²) in [5.41, 5.74) is 0.133. The van der Waals surface area contributed by atoms with E-state index in [1.165, 1.54) is 50.7 Å². The smallest absolute Gasteiger partial charge is 0.299 e. The van der Waals surface area contributed by atoms with Gasteiger partial charge in [-0.3, -0.25) is 20.2 Å². The molecule has 4 saturated carbocycles. The molecule has 25 heavy (non-hydrogen) atoms. The predicted octanol–water partition coefficient (Wildman–Crippen LogP) is 4.52. The number of rotatable bonds is 5. The summed E-state index contributed by atoms with van der Waals surface area (Å²) in [5.74, 6) is 2.42. The van der Waals surface area contributed by atoms with Crippen molar-refractivity contribution in [2.24, 2.45) is 23.2 Å². The number of nitro groups is 2. The van der Waals surface area contributed by atoms with Crippen LogP contribution in [-0.4, -0.2) is 15.9 Å². The van der Waals surface area contributed by atoms with Crippen LogP contribution in [0.2, 0.25) is 0 Å². The number of nitro benzene ring substituents is 2. The summed E-state index contributed by atoms with van der Waals surface area (Å²) in [6.45, 7) is 2.12. The van der Waals surface area contributed by atoms with E-state index in [2.05, 4.69) is 12.2 Å². The summed E-state index contributed by atoms with van der Waals surface area (Å²) < 4.78 is 0. The predicted molar refractivity (Wildman–Crippen MR) is 93.4 cm³/mol. The SMILES string of the molecule is CC(Nc1ccc([N+](=O)[O-])cc1[N+](=O)[O-])C12CC3CC(CC(C3)C1)C2. The topological polar surface area (TPSA) is 98.3 Å². The zero-order valence-corrected chi connectivity index (χ0v) is 14.3. The monoisotopic (exact) mass is 345 g/mol. The van der Waals surface area contributed by atoms with Gasteiger partial charge >= 0.3 is 0 Å². The molecule has 5 rings (SSSR count). The third kappa shape index (κ3) is 2.75. The molecule has 0 spiro atoms. The highest BCUT2D eigenvalue weighted by Gasteiger charge is 2.53. The van der Waals surface area contributed by atoms with Gasteiger partial charge in [-0.1, -0.05) is 0 Å². The Morgan fingerprint density at radius 2 is 1.60 bits per heavy atom. The normalized spacial score (nSPS) is 33.9. The van der Waals surface area contributed by atoms with Gasteiger partial charge in [0.25, 0.3) is 11.4 Å². The number of hydrogen-bond donors (Lipinski definition) is 1. The van der Waals surface area contributed by atoms with Crippen LogP contribution < -0.4 is 5.32 Å². The summed E-state index contributed by atoms with van der Waals surface area (Å²) in [4.78, 5) is 21.1. The second kappa shape index (κ2) is 5.68. The zero-order chi connectivity index (χ0) is 17.8. The van der Waals surface area contributed by atoms with Crippen LogP contribution >= 0.6 is 0 Å². The van der Waals surface area contributed by atoms with E-state index < -0.39 is 9.85 Å². The molecular formula is C18H23N3O4. The molecule has 1 aromatic rings. The fourth-order valence-corrected chi connectivity index (χ4v) is 6.00. The Bertz CT molecular complexity index is 698. The molecule has 0 amide bonds. The van der Waals surface area contributed by atoms with Gasteiger partial charge in [0.05, 0.1) is 15.9 Å². The van der Waals surface area contributed by atoms with Crippen molar-refractivity contribution in [2.75, 3.05) is 5.32 Å². The maximum atomic E-state index is 11.4. The van der Waals surface area contributed by atoms with Crippen molar-refractivity contribution in [3.05, 3.63) is 38.4 Å². The van der Waals surface area contributed by atoms with E-state index in [1.807, 2.05) is 0 Å². The molecule has 4 aliphatic carbocycles. The first kappa shape index (κ1) is 16.3. The number of nitrogens with zero attached hydrogens (tertiary/aromatic N) is 2. The molecule has 1 N–H and O–H groups in total. The molecule has 4 fully saturated rings. The summed E-state index contributed by atoms with van der Waals surface area (Å²) >= 11 is 0. The van der Waals surface area contributed by atoms with Gasteiger partial charge in [-0.25, -0.2) is 0 Å². The number of hydrogen-bond acceptors (Lipinski definition) is 5. The Labute approximate surface area is 146 Å². The Morgan fingerprint density at radius 1 is 1.04 bits per heavy atom. The number of anilines is 1. The Balaban J connectivity index is 1.60. The summed E-state index contributed by atoms with van der Waals surface area (Å²) in [6.07, 6.45) is 7.66. The molecule has 134 valence electrons.